The molecule has 4 heterocycles. The van der Waals surface area contributed by atoms with E-state index >= 15 is 0 Å². The van der Waals surface area contributed by atoms with E-state index in [1.165, 1.54) is 45.1 Å². The van der Waals surface area contributed by atoms with Crippen LogP contribution in [0.5, 0.6) is 0 Å². The second kappa shape index (κ2) is 21.2. The molecule has 12 heteroatoms. The molecule has 4 saturated heterocycles. The Morgan fingerprint density at radius 3 is 1.53 bits per heavy atom. The van der Waals surface area contributed by atoms with Crippen LogP contribution in [-0.4, -0.2) is 99.1 Å². The quantitative estimate of drug-likeness (QED) is 0.114. The number of benzene rings is 3. The van der Waals surface area contributed by atoms with Gasteiger partial charge in [0.25, 0.3) is 0 Å². The largest absolute Gasteiger partial charge is 0.466 e. The Hall–Kier alpha value is -5.66. The van der Waals surface area contributed by atoms with Crippen molar-refractivity contribution in [1.29, 1.82) is 0 Å². The summed E-state index contributed by atoms with van der Waals surface area (Å²) >= 11 is 0. The molecule has 12 aliphatic rings. The molecule has 18 atom stereocenters. The molecule has 3 aromatic carbocycles. The van der Waals surface area contributed by atoms with Gasteiger partial charge in [0.1, 0.15) is 22.4 Å². The van der Waals surface area contributed by atoms with E-state index in [1.54, 1.807) is 0 Å². The van der Waals surface area contributed by atoms with E-state index in [0.717, 1.165) is 92.9 Å². The normalized spacial score (nSPS) is 39.9. The van der Waals surface area contributed by atoms with Crippen LogP contribution in [0.2, 0.25) is 0 Å². The van der Waals surface area contributed by atoms with E-state index in [2.05, 4.69) is 132 Å². The van der Waals surface area contributed by atoms with Gasteiger partial charge in [-0.05, 0) is 140 Å². The van der Waals surface area contributed by atoms with Crippen molar-refractivity contribution >= 4 is 23.9 Å². The Bertz CT molecular complexity index is 3040. The fraction of sp³-hybridized carbons (Fsp3) is 0.565. The number of carbonyl (C=O) groups is 4. The van der Waals surface area contributed by atoms with E-state index in [4.69, 9.17) is 37.9 Å². The van der Waals surface area contributed by atoms with Gasteiger partial charge in [-0.15, -0.1) is 0 Å². The number of carbonyl (C=O) groups excluding carboxylic acids is 4. The maximum atomic E-state index is 12.2. The highest BCUT2D eigenvalue weighted by molar-refractivity contribution is 5.94. The van der Waals surface area contributed by atoms with E-state index in [9.17, 15) is 19.2 Å². The number of esters is 4. The highest BCUT2D eigenvalue weighted by Gasteiger charge is 2.76. The third-order valence-electron chi connectivity index (χ3n) is 21.6. The zero-order chi connectivity index (χ0) is 56.8. The predicted octanol–water partition coefficient (Wildman–Crippen LogP) is 11.4. The minimum Gasteiger partial charge on any atom is -0.466 e. The van der Waals surface area contributed by atoms with Gasteiger partial charge in [0.15, 0.2) is 0 Å². The lowest BCUT2D eigenvalue weighted by Gasteiger charge is -2.44. The third kappa shape index (κ3) is 9.23. The molecule has 0 bridgehead atoms. The van der Waals surface area contributed by atoms with Gasteiger partial charge >= 0.3 is 23.9 Å². The zero-order valence-corrected chi connectivity index (χ0v) is 48.7. The maximum absolute atomic E-state index is 12.2. The minimum absolute atomic E-state index is 0.186. The summed E-state index contributed by atoms with van der Waals surface area (Å²) < 4.78 is 44.0. The minimum atomic E-state index is -0.361. The summed E-state index contributed by atoms with van der Waals surface area (Å²) in [4.78, 5) is 48.3. The highest BCUT2D eigenvalue weighted by Crippen LogP contribution is 2.69. The molecule has 0 amide bonds. The van der Waals surface area contributed by atoms with Gasteiger partial charge < -0.3 is 37.9 Å². The number of rotatable bonds is 9. The van der Waals surface area contributed by atoms with Crippen molar-refractivity contribution < 1.29 is 57.1 Å². The number of allylic oxidation sites excluding steroid dienone is 4. The lowest BCUT2D eigenvalue weighted by atomic mass is 9.60. The fourth-order valence-electron chi connectivity index (χ4n) is 17.6. The van der Waals surface area contributed by atoms with Crippen LogP contribution in [0.3, 0.4) is 0 Å². The Labute approximate surface area is 478 Å². The van der Waals surface area contributed by atoms with Crippen LogP contribution < -0.4 is 0 Å². The zero-order valence-electron chi connectivity index (χ0n) is 48.7. The molecular weight excluding hydrogens is 1020 g/mol. The standard InChI is InChI=1S/C19H22O3.2C18H20O3.C14H20O3/c1-12-8-15-11-14(10-13-6-4-3-5-7-13)17-19(15,22-17)16(9-12)18(20)21-2;1-11-8-14-13(12-6-4-3-5-7-12)10-16-18(14,21-16)15(9-11)17(19)20-2;1-20-17(19)15-9-5-8-14-11-13(16-18(14,15)21-16)10-12-6-3-2-4-7-12;1-8-7-9(12(15)16-4)14-10(13(8,2)3)5-6-11(14)17-14/h3-7,9,12,14-15,17H,8,10-11H2,1-2H3;3-7,9,11,13-14,16H,8,10H2,1-2H3;2-4,6-7,9,13-14,16H,5,8,10-11H2,1H3;7-8,10-11H,5-6H2,1-4H3/t12-,14+,15+,17+,19+;11-,13+,14+,16+,18+;13-,14+,16+,18+;8-,10+,11-,14+/m1110/s1. The molecule has 4 aliphatic heterocycles. The van der Waals surface area contributed by atoms with E-state index in [1.807, 2.05) is 18.2 Å². The first kappa shape index (κ1) is 55.9. The van der Waals surface area contributed by atoms with E-state index < -0.39 is 0 Å². The second-order valence-corrected chi connectivity index (χ2v) is 26.2. The molecule has 8 fully saturated rings. The van der Waals surface area contributed by atoms with Crippen LogP contribution in [0.1, 0.15) is 115 Å². The van der Waals surface area contributed by atoms with Gasteiger partial charge in [0.05, 0.1) is 75.1 Å². The van der Waals surface area contributed by atoms with Gasteiger partial charge in [-0.3, -0.25) is 0 Å². The molecule has 3 aromatic rings. The number of hydrogen-bond donors (Lipinski definition) is 0. The van der Waals surface area contributed by atoms with E-state index in [-0.39, 0.29) is 76.1 Å². The van der Waals surface area contributed by atoms with Crippen LogP contribution in [0, 0.1) is 58.7 Å². The van der Waals surface area contributed by atoms with Crippen molar-refractivity contribution in [2.45, 2.75) is 158 Å². The maximum Gasteiger partial charge on any atom is 0.336 e. The summed E-state index contributed by atoms with van der Waals surface area (Å²) in [6.45, 7) is 11.1. The molecule has 4 saturated carbocycles. The van der Waals surface area contributed by atoms with Crippen LogP contribution in [-0.2, 0) is 69.9 Å². The second-order valence-electron chi connectivity index (χ2n) is 26.2. The van der Waals surface area contributed by atoms with Crippen molar-refractivity contribution in [3.63, 3.8) is 0 Å². The van der Waals surface area contributed by atoms with E-state index in [0.29, 0.717) is 59.2 Å². The molecule has 81 heavy (non-hydrogen) atoms. The Morgan fingerprint density at radius 1 is 0.494 bits per heavy atom. The van der Waals surface area contributed by atoms with Crippen LogP contribution in [0.4, 0.5) is 0 Å². The number of hydrogen-bond acceptors (Lipinski definition) is 12. The lowest BCUT2D eigenvalue weighted by molar-refractivity contribution is -0.138. The molecule has 12 nitrogen and oxygen atoms in total. The smallest absolute Gasteiger partial charge is 0.336 e. The van der Waals surface area contributed by atoms with Crippen molar-refractivity contribution in [2.24, 2.45) is 58.7 Å². The molecular formula is C69H82O12. The van der Waals surface area contributed by atoms with Gasteiger partial charge in [-0.1, -0.05) is 150 Å². The molecule has 0 radical (unpaired) electrons. The van der Waals surface area contributed by atoms with Gasteiger partial charge in [-0.25, -0.2) is 19.2 Å². The van der Waals surface area contributed by atoms with Crippen molar-refractivity contribution in [2.75, 3.05) is 28.4 Å². The van der Waals surface area contributed by atoms with Gasteiger partial charge in [0, 0.05) is 11.8 Å². The summed E-state index contributed by atoms with van der Waals surface area (Å²) in [6, 6.07) is 31.8. The molecule has 8 aliphatic carbocycles. The van der Waals surface area contributed by atoms with Crippen LogP contribution in [0.25, 0.3) is 0 Å². The van der Waals surface area contributed by atoms with Crippen LogP contribution >= 0.6 is 0 Å². The first-order valence-corrected chi connectivity index (χ1v) is 30.1. The van der Waals surface area contributed by atoms with Gasteiger partial charge in [-0.2, -0.15) is 0 Å². The topological polar surface area (TPSA) is 155 Å². The molecule has 15 rings (SSSR count). The predicted molar refractivity (Wildman–Crippen MR) is 304 cm³/mol. The highest BCUT2D eigenvalue weighted by atomic mass is 16.6. The summed E-state index contributed by atoms with van der Waals surface area (Å²) in [5.41, 5.74) is 6.06. The molecule has 0 N–H and O–H groups in total. The monoisotopic (exact) mass is 1100 g/mol. The van der Waals surface area contributed by atoms with Crippen LogP contribution in [0.15, 0.2) is 138 Å². The molecule has 4 spiro atoms. The van der Waals surface area contributed by atoms with Crippen molar-refractivity contribution in [3.8, 4) is 0 Å². The lowest BCUT2D eigenvalue weighted by Crippen LogP contribution is -2.45. The Morgan fingerprint density at radius 2 is 0.975 bits per heavy atom. The Balaban J connectivity index is 0.000000108. The Kier molecular flexibility index (Phi) is 14.6. The SMILES string of the molecule is COC(=O)C1=CCC[C@H]2C[C@@H](Cc3ccccc3)[C@@H]3O[C@]123.COC(=O)C1=C[C@H](C)C(C)(C)[C@H]2CC[C@@H]3O[C@@]132.COC(=O)C1=C[C@H](C)C[C@H]2C[C@H](Cc3ccccc3)[C@@H]3O[C@]123.COC(=O)C1=C[C@H](C)C[C@H]2[C@H](c3ccccc3)C[C@@H]3O[C@@]132. The molecule has 0 unspecified atom stereocenters. The molecule has 0 aromatic heterocycles. The third-order valence-corrected chi connectivity index (χ3v) is 21.6. The van der Waals surface area contributed by atoms with Crippen molar-refractivity contribution in [3.05, 3.63) is 154 Å². The summed E-state index contributed by atoms with van der Waals surface area (Å²) in [5.74, 6) is 3.65. The number of epoxide rings is 4. The van der Waals surface area contributed by atoms with Gasteiger partial charge in [0.2, 0.25) is 0 Å². The summed E-state index contributed by atoms with van der Waals surface area (Å²) in [7, 11) is 5.82. The van der Waals surface area contributed by atoms with Crippen molar-refractivity contribution in [1.82, 2.24) is 0 Å². The number of ether oxygens (including phenoxy) is 8. The average Bonchev–Trinajstić information content (AvgIpc) is 2.50. The first-order chi connectivity index (χ1) is 39.0. The average molecular weight is 1100 g/mol. The first-order valence-electron chi connectivity index (χ1n) is 30.1. The molecule has 430 valence electrons. The summed E-state index contributed by atoms with van der Waals surface area (Å²) in [5, 5.41) is 0. The summed E-state index contributed by atoms with van der Waals surface area (Å²) in [6.07, 6.45) is 21.0. The number of methoxy groups -OCH3 is 4. The fourth-order valence-corrected chi connectivity index (χ4v) is 17.6.